The van der Waals surface area contributed by atoms with Crippen LogP contribution in [-0.4, -0.2) is 19.0 Å². The van der Waals surface area contributed by atoms with Gasteiger partial charge in [-0.3, -0.25) is 4.99 Å². The SMILES string of the molecule is CCCCCCC(C)NC(=NC)NCc1cccc(C#N)c1. The van der Waals surface area contributed by atoms with Gasteiger partial charge in [0.15, 0.2) is 5.96 Å². The number of hydrogen-bond acceptors (Lipinski definition) is 2. The quantitative estimate of drug-likeness (QED) is 0.438. The van der Waals surface area contributed by atoms with Crippen LogP contribution in [0.25, 0.3) is 0 Å². The van der Waals surface area contributed by atoms with Crippen LogP contribution in [0.4, 0.5) is 0 Å². The van der Waals surface area contributed by atoms with E-state index < -0.39 is 0 Å². The molecule has 0 aliphatic heterocycles. The number of nitrogens with one attached hydrogen (secondary N) is 2. The van der Waals surface area contributed by atoms with Crippen LogP contribution >= 0.6 is 0 Å². The minimum absolute atomic E-state index is 0.411. The second-order valence-electron chi connectivity index (χ2n) is 5.63. The Kier molecular flexibility index (Phi) is 8.74. The molecule has 120 valence electrons. The lowest BCUT2D eigenvalue weighted by atomic mass is 10.1. The van der Waals surface area contributed by atoms with Crippen LogP contribution in [-0.2, 0) is 6.54 Å². The zero-order chi connectivity index (χ0) is 16.2. The molecule has 1 unspecified atom stereocenters. The molecule has 1 aromatic carbocycles. The molecule has 1 aromatic rings. The Bertz CT molecular complexity index is 502. The molecule has 0 amide bonds. The van der Waals surface area contributed by atoms with E-state index >= 15 is 0 Å². The van der Waals surface area contributed by atoms with Gasteiger partial charge in [0.1, 0.15) is 0 Å². The number of guanidine groups is 1. The number of rotatable bonds is 8. The molecule has 1 rings (SSSR count). The third-order valence-electron chi connectivity index (χ3n) is 3.61. The summed E-state index contributed by atoms with van der Waals surface area (Å²) in [6.45, 7) is 5.08. The highest BCUT2D eigenvalue weighted by Crippen LogP contribution is 2.06. The maximum Gasteiger partial charge on any atom is 0.191 e. The van der Waals surface area contributed by atoms with E-state index in [1.165, 1.54) is 25.7 Å². The third-order valence-corrected chi connectivity index (χ3v) is 3.61. The Balaban J connectivity index is 2.37. The van der Waals surface area contributed by atoms with Crippen molar-refractivity contribution in [2.45, 2.75) is 58.5 Å². The Hall–Kier alpha value is -2.02. The van der Waals surface area contributed by atoms with Crippen molar-refractivity contribution in [1.29, 1.82) is 5.26 Å². The first-order valence-electron chi connectivity index (χ1n) is 8.15. The van der Waals surface area contributed by atoms with E-state index in [9.17, 15) is 0 Å². The maximum atomic E-state index is 8.92. The monoisotopic (exact) mass is 300 g/mol. The van der Waals surface area contributed by atoms with Crippen molar-refractivity contribution >= 4 is 5.96 Å². The van der Waals surface area contributed by atoms with Gasteiger partial charge in [-0.1, -0.05) is 44.7 Å². The molecule has 0 aliphatic carbocycles. The van der Waals surface area contributed by atoms with Gasteiger partial charge in [-0.25, -0.2) is 0 Å². The zero-order valence-corrected chi connectivity index (χ0v) is 14.0. The van der Waals surface area contributed by atoms with E-state index in [1.807, 2.05) is 24.3 Å². The van der Waals surface area contributed by atoms with Gasteiger partial charge in [-0.05, 0) is 31.0 Å². The lowest BCUT2D eigenvalue weighted by molar-refractivity contribution is 0.537. The summed E-state index contributed by atoms with van der Waals surface area (Å²) < 4.78 is 0. The number of nitrogens with zero attached hydrogens (tertiary/aromatic N) is 2. The summed E-state index contributed by atoms with van der Waals surface area (Å²) >= 11 is 0. The molecule has 0 spiro atoms. The largest absolute Gasteiger partial charge is 0.354 e. The van der Waals surface area contributed by atoms with Gasteiger partial charge in [-0.15, -0.1) is 0 Å². The lowest BCUT2D eigenvalue weighted by Crippen LogP contribution is -2.41. The molecule has 0 bridgehead atoms. The van der Waals surface area contributed by atoms with Crippen molar-refractivity contribution in [2.24, 2.45) is 4.99 Å². The van der Waals surface area contributed by atoms with E-state index in [-0.39, 0.29) is 0 Å². The fraction of sp³-hybridized carbons (Fsp3) is 0.556. The summed E-state index contributed by atoms with van der Waals surface area (Å²) in [6, 6.07) is 10.2. The van der Waals surface area contributed by atoms with Crippen LogP contribution in [0.3, 0.4) is 0 Å². The fourth-order valence-corrected chi connectivity index (χ4v) is 2.31. The highest BCUT2D eigenvalue weighted by molar-refractivity contribution is 5.79. The predicted molar refractivity (Wildman–Crippen MR) is 92.7 cm³/mol. The topological polar surface area (TPSA) is 60.2 Å². The molecule has 0 aliphatic rings. The molecule has 0 saturated heterocycles. The van der Waals surface area contributed by atoms with Gasteiger partial charge in [0.25, 0.3) is 0 Å². The van der Waals surface area contributed by atoms with Gasteiger partial charge in [0.05, 0.1) is 11.6 Å². The highest BCUT2D eigenvalue weighted by Gasteiger charge is 2.05. The summed E-state index contributed by atoms with van der Waals surface area (Å²) in [4.78, 5) is 4.26. The molecule has 4 nitrogen and oxygen atoms in total. The Labute approximate surface area is 134 Å². The van der Waals surface area contributed by atoms with Crippen LogP contribution in [0, 0.1) is 11.3 Å². The Morgan fingerprint density at radius 2 is 2.14 bits per heavy atom. The molecule has 1 atom stereocenters. The molecule has 22 heavy (non-hydrogen) atoms. The van der Waals surface area contributed by atoms with E-state index in [0.29, 0.717) is 18.2 Å². The number of benzene rings is 1. The molecule has 0 fully saturated rings. The number of unbranched alkanes of at least 4 members (excludes halogenated alkanes) is 3. The van der Waals surface area contributed by atoms with Gasteiger partial charge >= 0.3 is 0 Å². The number of hydrogen-bond donors (Lipinski definition) is 2. The van der Waals surface area contributed by atoms with Crippen molar-refractivity contribution in [2.75, 3.05) is 7.05 Å². The second-order valence-corrected chi connectivity index (χ2v) is 5.63. The molecule has 0 saturated carbocycles. The normalized spacial score (nSPS) is 12.5. The first kappa shape index (κ1) is 18.0. The van der Waals surface area contributed by atoms with Crippen molar-refractivity contribution < 1.29 is 0 Å². The molecular weight excluding hydrogens is 272 g/mol. The molecular formula is C18H28N4. The summed E-state index contributed by atoms with van der Waals surface area (Å²) in [6.07, 6.45) is 6.30. The smallest absolute Gasteiger partial charge is 0.191 e. The van der Waals surface area contributed by atoms with Crippen LogP contribution < -0.4 is 10.6 Å². The van der Waals surface area contributed by atoms with Crippen molar-refractivity contribution in [3.8, 4) is 6.07 Å². The first-order chi connectivity index (χ1) is 10.7. The number of nitriles is 1. The van der Waals surface area contributed by atoms with Crippen molar-refractivity contribution in [1.82, 2.24) is 10.6 Å². The second kappa shape index (κ2) is 10.7. The van der Waals surface area contributed by atoms with Gasteiger partial charge in [-0.2, -0.15) is 5.26 Å². The van der Waals surface area contributed by atoms with Crippen LogP contribution in [0.15, 0.2) is 29.3 Å². The highest BCUT2D eigenvalue weighted by atomic mass is 15.2. The van der Waals surface area contributed by atoms with E-state index in [1.54, 1.807) is 7.05 Å². The standard InChI is InChI=1S/C18H28N4/c1-4-5-6-7-9-15(2)22-18(20-3)21-14-17-11-8-10-16(12-17)13-19/h8,10-12,15H,4-7,9,14H2,1-3H3,(H2,20,21,22). The lowest BCUT2D eigenvalue weighted by Gasteiger charge is -2.18. The predicted octanol–water partition coefficient (Wildman–Crippen LogP) is 3.58. The van der Waals surface area contributed by atoms with Crippen LogP contribution in [0.1, 0.15) is 57.1 Å². The average molecular weight is 300 g/mol. The average Bonchev–Trinajstić information content (AvgIpc) is 2.55. The van der Waals surface area contributed by atoms with E-state index in [4.69, 9.17) is 5.26 Å². The van der Waals surface area contributed by atoms with Crippen molar-refractivity contribution in [3.63, 3.8) is 0 Å². The summed E-state index contributed by atoms with van der Waals surface area (Å²) in [5.74, 6) is 0.811. The maximum absolute atomic E-state index is 8.92. The van der Waals surface area contributed by atoms with E-state index in [0.717, 1.165) is 17.9 Å². The molecule has 0 radical (unpaired) electrons. The van der Waals surface area contributed by atoms with Crippen LogP contribution in [0.5, 0.6) is 0 Å². The fourth-order valence-electron chi connectivity index (χ4n) is 2.31. The third kappa shape index (κ3) is 7.12. The van der Waals surface area contributed by atoms with Gasteiger partial charge in [0, 0.05) is 19.6 Å². The molecule has 0 heterocycles. The van der Waals surface area contributed by atoms with Gasteiger partial charge in [0.2, 0.25) is 0 Å². The summed E-state index contributed by atoms with van der Waals surface area (Å²) in [5.41, 5.74) is 1.77. The summed E-state index contributed by atoms with van der Waals surface area (Å²) in [7, 11) is 1.78. The van der Waals surface area contributed by atoms with E-state index in [2.05, 4.69) is 35.5 Å². The first-order valence-corrected chi connectivity index (χ1v) is 8.15. The zero-order valence-electron chi connectivity index (χ0n) is 14.0. The van der Waals surface area contributed by atoms with Gasteiger partial charge < -0.3 is 10.6 Å². The Morgan fingerprint density at radius 1 is 1.32 bits per heavy atom. The minimum atomic E-state index is 0.411. The molecule has 4 heteroatoms. The molecule has 0 aromatic heterocycles. The molecule has 2 N–H and O–H groups in total. The van der Waals surface area contributed by atoms with Crippen LogP contribution in [0.2, 0.25) is 0 Å². The Morgan fingerprint density at radius 3 is 2.82 bits per heavy atom. The van der Waals surface area contributed by atoms with Crippen molar-refractivity contribution in [3.05, 3.63) is 35.4 Å². The summed E-state index contributed by atoms with van der Waals surface area (Å²) in [5, 5.41) is 15.6. The number of aliphatic imine (C=N–C) groups is 1. The minimum Gasteiger partial charge on any atom is -0.354 e.